The summed E-state index contributed by atoms with van der Waals surface area (Å²) in [6, 6.07) is 19.1. The van der Waals surface area contributed by atoms with Crippen LogP contribution in [0, 0.1) is 0 Å². The van der Waals surface area contributed by atoms with E-state index in [1.807, 2.05) is 36.4 Å². The minimum absolute atomic E-state index is 0.0699. The molecule has 8 nitrogen and oxygen atoms in total. The number of aromatic nitrogens is 1. The van der Waals surface area contributed by atoms with E-state index in [-0.39, 0.29) is 12.6 Å². The van der Waals surface area contributed by atoms with Gasteiger partial charge >= 0.3 is 6.18 Å². The van der Waals surface area contributed by atoms with Gasteiger partial charge in [0.1, 0.15) is 19.4 Å². The Hall–Kier alpha value is -3.74. The molecule has 3 aliphatic rings. The lowest BCUT2D eigenvalue weighted by atomic mass is 9.92. The zero-order valence-corrected chi connectivity index (χ0v) is 26.0. The Morgan fingerprint density at radius 3 is 2.36 bits per heavy atom. The first kappa shape index (κ1) is 31.8. The molecule has 3 heterocycles. The predicted molar refractivity (Wildman–Crippen MR) is 172 cm³/mol. The second kappa shape index (κ2) is 13.0. The summed E-state index contributed by atoms with van der Waals surface area (Å²) in [5.41, 5.74) is 2.34. The van der Waals surface area contributed by atoms with Crippen LogP contribution in [0.3, 0.4) is 0 Å². The van der Waals surface area contributed by atoms with Gasteiger partial charge in [-0.1, -0.05) is 42.5 Å². The highest BCUT2D eigenvalue weighted by molar-refractivity contribution is 5.90. The smallest absolute Gasteiger partial charge is 0.416 e. The molecule has 0 spiro atoms. The molecule has 1 saturated heterocycles. The van der Waals surface area contributed by atoms with Gasteiger partial charge in [0.05, 0.1) is 23.4 Å². The molecule has 1 aliphatic carbocycles. The topological polar surface area (TPSA) is 99.1 Å². The monoisotopic (exact) mass is 648 g/mol. The number of aliphatic hydroxyl groups excluding tert-OH is 2. The van der Waals surface area contributed by atoms with Gasteiger partial charge in [-0.15, -0.1) is 0 Å². The highest BCUT2D eigenvalue weighted by Gasteiger charge is 2.46. The number of nitrogens with zero attached hydrogens (tertiary/aromatic N) is 2. The third-order valence-electron chi connectivity index (χ3n) is 9.53. The van der Waals surface area contributed by atoms with Crippen molar-refractivity contribution in [1.29, 1.82) is 0 Å². The first-order chi connectivity index (χ1) is 22.7. The molecule has 0 radical (unpaired) electrons. The van der Waals surface area contributed by atoms with Crippen LogP contribution in [0.25, 0.3) is 22.2 Å². The van der Waals surface area contributed by atoms with Gasteiger partial charge in [0.2, 0.25) is 0 Å². The third kappa shape index (κ3) is 6.68. The number of alkyl halides is 3. The Bertz CT molecular complexity index is 1720. The SMILES string of the molecule is OCCNC1CCN(Cc2c(-c3cccc(C(F)(F)F)c3)nc3cc4c(cc3c2C(O)NC2(c3ccccc3)CC2)OCCO4)CC1. The molecule has 11 heteroatoms. The molecule has 2 fully saturated rings. The molecule has 1 atom stereocenters. The summed E-state index contributed by atoms with van der Waals surface area (Å²) in [5.74, 6) is 1.05. The largest absolute Gasteiger partial charge is 0.486 e. The average Bonchev–Trinajstić information content (AvgIpc) is 3.87. The lowest BCUT2D eigenvalue weighted by Crippen LogP contribution is -2.43. The number of halogens is 3. The summed E-state index contributed by atoms with van der Waals surface area (Å²) in [4.78, 5) is 7.26. The zero-order valence-electron chi connectivity index (χ0n) is 26.0. The minimum Gasteiger partial charge on any atom is -0.486 e. The van der Waals surface area contributed by atoms with Crippen LogP contribution >= 0.6 is 0 Å². The molecule has 1 aromatic heterocycles. The Morgan fingerprint density at radius 1 is 0.957 bits per heavy atom. The van der Waals surface area contributed by atoms with E-state index in [4.69, 9.17) is 14.5 Å². The predicted octanol–water partition coefficient (Wildman–Crippen LogP) is 5.51. The van der Waals surface area contributed by atoms with Crippen LogP contribution in [0.2, 0.25) is 0 Å². The molecule has 4 N–H and O–H groups in total. The van der Waals surface area contributed by atoms with E-state index in [1.165, 1.54) is 6.07 Å². The fraction of sp³-hybridized carbons (Fsp3) is 0.417. The summed E-state index contributed by atoms with van der Waals surface area (Å²) in [6.45, 7) is 3.20. The number of hydrogen-bond acceptors (Lipinski definition) is 8. The van der Waals surface area contributed by atoms with Crippen LogP contribution in [0.1, 0.15) is 54.2 Å². The summed E-state index contributed by atoms with van der Waals surface area (Å²) in [6.07, 6.45) is -2.30. The molecule has 0 bridgehead atoms. The maximum absolute atomic E-state index is 14.0. The Balaban J connectivity index is 1.37. The van der Waals surface area contributed by atoms with Gasteiger partial charge in [0, 0.05) is 52.8 Å². The van der Waals surface area contributed by atoms with E-state index in [2.05, 4.69) is 15.5 Å². The molecule has 4 aromatic rings. The van der Waals surface area contributed by atoms with Crippen molar-refractivity contribution in [1.82, 2.24) is 20.5 Å². The van der Waals surface area contributed by atoms with Gasteiger partial charge in [-0.2, -0.15) is 13.2 Å². The standard InChI is InChI=1S/C36H39F3N4O4/c37-36(38,39)25-8-4-5-23(19-25)33-28(22-43-14-9-26(10-15-43)40-13-16-44)32(27-20-30-31(21-29(27)41-33)47-18-17-46-30)34(45)42-35(11-12-35)24-6-2-1-3-7-24/h1-8,19-21,26,34,40,42,44-45H,9-18,22H2. The average molecular weight is 649 g/mol. The van der Waals surface area contributed by atoms with Gasteiger partial charge in [-0.25, -0.2) is 4.98 Å². The lowest BCUT2D eigenvalue weighted by molar-refractivity contribution is -0.137. The molecule has 47 heavy (non-hydrogen) atoms. The quantitative estimate of drug-likeness (QED) is 0.167. The van der Waals surface area contributed by atoms with E-state index in [1.54, 1.807) is 12.1 Å². The summed E-state index contributed by atoms with van der Waals surface area (Å²) < 4.78 is 53.7. The number of likely N-dealkylation sites (tertiary alicyclic amines) is 1. The number of pyridine rings is 1. The molecule has 2 aliphatic heterocycles. The highest BCUT2D eigenvalue weighted by atomic mass is 19.4. The number of hydrogen-bond donors (Lipinski definition) is 4. The van der Waals surface area contributed by atoms with Gasteiger partial charge in [-0.05, 0) is 62.5 Å². The number of nitrogens with one attached hydrogen (secondary N) is 2. The molecular weight excluding hydrogens is 609 g/mol. The molecule has 1 saturated carbocycles. The van der Waals surface area contributed by atoms with Crippen LogP contribution < -0.4 is 20.1 Å². The van der Waals surface area contributed by atoms with Crippen molar-refractivity contribution >= 4 is 10.9 Å². The fourth-order valence-electron chi connectivity index (χ4n) is 6.94. The molecule has 248 valence electrons. The fourth-order valence-corrected chi connectivity index (χ4v) is 6.94. The maximum atomic E-state index is 14.0. The van der Waals surface area contributed by atoms with E-state index in [9.17, 15) is 23.4 Å². The first-order valence-electron chi connectivity index (χ1n) is 16.3. The van der Waals surface area contributed by atoms with Gasteiger partial charge in [-0.3, -0.25) is 10.2 Å². The highest BCUT2D eigenvalue weighted by Crippen LogP contribution is 2.48. The number of benzene rings is 3. The van der Waals surface area contributed by atoms with Gasteiger partial charge in [0.25, 0.3) is 0 Å². The maximum Gasteiger partial charge on any atom is 0.416 e. The van der Waals surface area contributed by atoms with Crippen LogP contribution in [0.4, 0.5) is 13.2 Å². The second-order valence-corrected chi connectivity index (χ2v) is 12.7. The molecule has 7 rings (SSSR count). The van der Waals surface area contributed by atoms with E-state index in [0.29, 0.717) is 71.1 Å². The summed E-state index contributed by atoms with van der Waals surface area (Å²) in [5, 5.41) is 29.0. The van der Waals surface area contributed by atoms with Crippen molar-refractivity contribution in [3.05, 3.63) is 89.0 Å². The van der Waals surface area contributed by atoms with Gasteiger partial charge < -0.3 is 25.0 Å². The van der Waals surface area contributed by atoms with Crippen LogP contribution in [-0.2, 0) is 18.3 Å². The van der Waals surface area contributed by atoms with Crippen molar-refractivity contribution < 1.29 is 32.9 Å². The minimum atomic E-state index is -4.53. The van der Waals surface area contributed by atoms with Crippen molar-refractivity contribution in [2.75, 3.05) is 39.5 Å². The third-order valence-corrected chi connectivity index (χ3v) is 9.53. The van der Waals surface area contributed by atoms with E-state index in [0.717, 1.165) is 56.5 Å². The number of piperidine rings is 1. The van der Waals surface area contributed by atoms with Crippen molar-refractivity contribution in [2.24, 2.45) is 0 Å². The number of rotatable bonds is 10. The van der Waals surface area contributed by atoms with E-state index < -0.39 is 23.5 Å². The molecule has 0 amide bonds. The van der Waals surface area contributed by atoms with Crippen LogP contribution in [-0.4, -0.2) is 65.6 Å². The van der Waals surface area contributed by atoms with E-state index >= 15 is 0 Å². The normalized spacial score (nSPS) is 18.7. The number of ether oxygens (including phenoxy) is 2. The molecular formula is C36H39F3N4O4. The number of fused-ring (bicyclic) bond motifs is 2. The summed E-state index contributed by atoms with van der Waals surface area (Å²) >= 11 is 0. The number of aliphatic hydroxyl groups is 2. The zero-order chi connectivity index (χ0) is 32.6. The Labute approximate surface area is 271 Å². The molecule has 1 unspecified atom stereocenters. The first-order valence-corrected chi connectivity index (χ1v) is 16.3. The van der Waals surface area contributed by atoms with Crippen molar-refractivity contribution in [2.45, 2.75) is 56.2 Å². The van der Waals surface area contributed by atoms with Gasteiger partial charge in [0.15, 0.2) is 11.5 Å². The lowest BCUT2D eigenvalue weighted by Gasteiger charge is -2.34. The second-order valence-electron chi connectivity index (χ2n) is 12.7. The van der Waals surface area contributed by atoms with Crippen LogP contribution in [0.5, 0.6) is 11.5 Å². The summed E-state index contributed by atoms with van der Waals surface area (Å²) in [7, 11) is 0. The van der Waals surface area contributed by atoms with Crippen molar-refractivity contribution in [3.63, 3.8) is 0 Å². The van der Waals surface area contributed by atoms with Crippen molar-refractivity contribution in [3.8, 4) is 22.8 Å². The van der Waals surface area contributed by atoms with Crippen LogP contribution in [0.15, 0.2) is 66.7 Å². The molecule has 3 aromatic carbocycles. The Morgan fingerprint density at radius 2 is 1.68 bits per heavy atom. The Kier molecular flexibility index (Phi) is 8.84.